The summed E-state index contributed by atoms with van der Waals surface area (Å²) in [6.45, 7) is 12.5. The Balaban J connectivity index is 1.72. The highest BCUT2D eigenvalue weighted by atomic mass is 32.2. The third-order valence-electron chi connectivity index (χ3n) is 6.78. The van der Waals surface area contributed by atoms with Crippen molar-refractivity contribution in [3.63, 3.8) is 0 Å². The van der Waals surface area contributed by atoms with Crippen LogP contribution in [0.25, 0.3) is 11.0 Å². The SMILES string of the molecule is CCC(C)(C)c1nc2cc(S(=O)(=O)n3cc(C(=O)NC(C)C)cn3)ccc2n1CC1CCOCC1. The summed E-state index contributed by atoms with van der Waals surface area (Å²) in [5.74, 6) is 1.09. The maximum Gasteiger partial charge on any atom is 0.283 e. The van der Waals surface area contributed by atoms with Crippen LogP contribution in [0.15, 0.2) is 35.5 Å². The Hall–Kier alpha value is -2.72. The van der Waals surface area contributed by atoms with Crippen LogP contribution in [-0.2, 0) is 26.7 Å². The second-order valence-corrected chi connectivity index (χ2v) is 12.0. The minimum atomic E-state index is -3.98. The molecule has 1 N–H and O–H groups in total. The number of hydrogen-bond acceptors (Lipinski definition) is 6. The van der Waals surface area contributed by atoms with Gasteiger partial charge in [0.05, 0.1) is 33.9 Å². The summed E-state index contributed by atoms with van der Waals surface area (Å²) in [4.78, 5) is 17.3. The van der Waals surface area contributed by atoms with Crippen molar-refractivity contribution in [3.05, 3.63) is 42.0 Å². The average molecular weight is 502 g/mol. The molecule has 1 amide bonds. The fourth-order valence-corrected chi connectivity index (χ4v) is 5.46. The Morgan fingerprint density at radius 2 is 1.97 bits per heavy atom. The molecule has 1 aliphatic heterocycles. The molecule has 0 atom stereocenters. The number of nitrogens with one attached hydrogen (secondary N) is 1. The van der Waals surface area contributed by atoms with Gasteiger partial charge in [0.25, 0.3) is 15.9 Å². The second kappa shape index (κ2) is 9.73. The van der Waals surface area contributed by atoms with Gasteiger partial charge in [0, 0.05) is 31.2 Å². The molecule has 1 saturated heterocycles. The first kappa shape index (κ1) is 25.4. The van der Waals surface area contributed by atoms with Gasteiger partial charge < -0.3 is 14.6 Å². The van der Waals surface area contributed by atoms with E-state index in [1.54, 1.807) is 12.1 Å². The predicted molar refractivity (Wildman–Crippen MR) is 134 cm³/mol. The molecule has 2 aromatic heterocycles. The highest BCUT2D eigenvalue weighted by molar-refractivity contribution is 7.89. The minimum absolute atomic E-state index is 0.0670. The van der Waals surface area contributed by atoms with E-state index in [-0.39, 0.29) is 27.8 Å². The molecule has 0 aliphatic carbocycles. The smallest absolute Gasteiger partial charge is 0.283 e. The van der Waals surface area contributed by atoms with Crippen LogP contribution >= 0.6 is 0 Å². The second-order valence-electron chi connectivity index (χ2n) is 10.2. The van der Waals surface area contributed by atoms with E-state index >= 15 is 0 Å². The molecule has 0 bridgehead atoms. The molecular formula is C25H35N5O4S. The first-order valence-electron chi connectivity index (χ1n) is 12.2. The molecule has 0 unspecified atom stereocenters. The standard InChI is InChI=1S/C25H35N5O4S/c1-6-25(4,5)24-28-21-13-20(7-8-22(21)29(24)15-18-9-11-34-12-10-18)35(32,33)30-16-19(14-26-30)23(31)27-17(2)3/h7-8,13-14,16-18H,6,9-12,15H2,1-5H3,(H,27,31). The summed E-state index contributed by atoms with van der Waals surface area (Å²) in [6.07, 6.45) is 5.42. The van der Waals surface area contributed by atoms with Crippen LogP contribution in [0.5, 0.6) is 0 Å². The lowest BCUT2D eigenvalue weighted by Gasteiger charge is -2.28. The molecule has 1 aromatic carbocycles. The summed E-state index contributed by atoms with van der Waals surface area (Å²) in [6, 6.07) is 4.97. The summed E-state index contributed by atoms with van der Waals surface area (Å²) in [7, 11) is -3.98. The van der Waals surface area contributed by atoms with Gasteiger partial charge in [-0.3, -0.25) is 4.79 Å². The van der Waals surface area contributed by atoms with Crippen molar-refractivity contribution < 1.29 is 17.9 Å². The highest BCUT2D eigenvalue weighted by Crippen LogP contribution is 2.32. The van der Waals surface area contributed by atoms with Crippen LogP contribution in [-0.4, -0.2) is 52.3 Å². The number of carbonyl (C=O) groups excluding carboxylic acids is 1. The van der Waals surface area contributed by atoms with Crippen molar-refractivity contribution in [1.82, 2.24) is 24.1 Å². The fourth-order valence-electron chi connectivity index (χ4n) is 4.32. The number of carbonyl (C=O) groups is 1. The van der Waals surface area contributed by atoms with Gasteiger partial charge >= 0.3 is 0 Å². The molecule has 0 saturated carbocycles. The lowest BCUT2D eigenvalue weighted by Crippen LogP contribution is -2.29. The molecular weight excluding hydrogens is 466 g/mol. The van der Waals surface area contributed by atoms with E-state index in [9.17, 15) is 13.2 Å². The van der Waals surface area contributed by atoms with Crippen LogP contribution in [0.2, 0.25) is 0 Å². The van der Waals surface area contributed by atoms with Gasteiger partial charge in [-0.2, -0.15) is 17.6 Å². The molecule has 1 fully saturated rings. The number of fused-ring (bicyclic) bond motifs is 1. The first-order valence-corrected chi connectivity index (χ1v) is 13.7. The van der Waals surface area contributed by atoms with Gasteiger partial charge in [-0.05, 0) is 57.2 Å². The molecule has 0 radical (unpaired) electrons. The van der Waals surface area contributed by atoms with E-state index in [1.165, 1.54) is 12.4 Å². The van der Waals surface area contributed by atoms with Crippen molar-refractivity contribution in [3.8, 4) is 0 Å². The maximum atomic E-state index is 13.3. The average Bonchev–Trinajstić information content (AvgIpc) is 3.46. The van der Waals surface area contributed by atoms with Crippen molar-refractivity contribution in [2.75, 3.05) is 13.2 Å². The maximum absolute atomic E-state index is 13.3. The number of nitrogens with zero attached hydrogens (tertiary/aromatic N) is 4. The third kappa shape index (κ3) is 5.13. The Morgan fingerprint density at radius 1 is 1.26 bits per heavy atom. The van der Waals surface area contributed by atoms with E-state index in [0.29, 0.717) is 11.4 Å². The monoisotopic (exact) mass is 501 g/mol. The van der Waals surface area contributed by atoms with E-state index < -0.39 is 10.0 Å². The number of ether oxygens (including phenoxy) is 1. The largest absolute Gasteiger partial charge is 0.381 e. The Kier molecular flexibility index (Phi) is 7.06. The molecule has 3 aromatic rings. The summed E-state index contributed by atoms with van der Waals surface area (Å²) in [5, 5.41) is 6.70. The zero-order valence-corrected chi connectivity index (χ0v) is 21.9. The normalized spacial score (nSPS) is 15.7. The van der Waals surface area contributed by atoms with E-state index in [4.69, 9.17) is 9.72 Å². The van der Waals surface area contributed by atoms with Gasteiger partial charge in [0.1, 0.15) is 5.82 Å². The van der Waals surface area contributed by atoms with Crippen molar-refractivity contribution in [1.29, 1.82) is 0 Å². The highest BCUT2D eigenvalue weighted by Gasteiger charge is 2.29. The van der Waals surface area contributed by atoms with E-state index in [2.05, 4.69) is 35.8 Å². The number of hydrogen-bond donors (Lipinski definition) is 1. The van der Waals surface area contributed by atoms with Crippen LogP contribution < -0.4 is 5.32 Å². The van der Waals surface area contributed by atoms with E-state index in [1.807, 2.05) is 19.9 Å². The molecule has 10 heteroatoms. The zero-order chi connectivity index (χ0) is 25.4. The molecule has 1 aliphatic rings. The van der Waals surface area contributed by atoms with E-state index in [0.717, 1.165) is 54.4 Å². The number of aromatic nitrogens is 4. The molecule has 35 heavy (non-hydrogen) atoms. The van der Waals surface area contributed by atoms with Gasteiger partial charge in [0.15, 0.2) is 0 Å². The number of benzene rings is 1. The Bertz CT molecular complexity index is 1320. The quantitative estimate of drug-likeness (QED) is 0.504. The molecule has 0 spiro atoms. The van der Waals surface area contributed by atoms with Crippen molar-refractivity contribution in [2.45, 2.75) is 76.8 Å². The lowest BCUT2D eigenvalue weighted by atomic mass is 9.89. The predicted octanol–water partition coefficient (Wildman–Crippen LogP) is 3.72. The minimum Gasteiger partial charge on any atom is -0.381 e. The topological polar surface area (TPSA) is 108 Å². The van der Waals surface area contributed by atoms with Crippen LogP contribution in [0.1, 0.15) is 70.1 Å². The summed E-state index contributed by atoms with van der Waals surface area (Å²) in [5.41, 5.74) is 1.59. The first-order chi connectivity index (χ1) is 16.5. The molecule has 9 nitrogen and oxygen atoms in total. The van der Waals surface area contributed by atoms with Gasteiger partial charge in [-0.1, -0.05) is 20.8 Å². The zero-order valence-electron chi connectivity index (χ0n) is 21.1. The number of imidazole rings is 1. The van der Waals surface area contributed by atoms with Crippen LogP contribution in [0, 0.1) is 5.92 Å². The third-order valence-corrected chi connectivity index (χ3v) is 8.32. The molecule has 190 valence electrons. The molecule has 3 heterocycles. The lowest BCUT2D eigenvalue weighted by molar-refractivity contribution is 0.0610. The fraction of sp³-hybridized carbons (Fsp3) is 0.560. The number of amides is 1. The van der Waals surface area contributed by atoms with Crippen molar-refractivity contribution in [2.24, 2.45) is 5.92 Å². The van der Waals surface area contributed by atoms with Crippen LogP contribution in [0.4, 0.5) is 0 Å². The van der Waals surface area contributed by atoms with Crippen LogP contribution in [0.3, 0.4) is 0 Å². The Morgan fingerprint density at radius 3 is 2.63 bits per heavy atom. The summed E-state index contributed by atoms with van der Waals surface area (Å²) >= 11 is 0. The van der Waals surface area contributed by atoms with Gasteiger partial charge in [-0.25, -0.2) is 4.98 Å². The van der Waals surface area contributed by atoms with Gasteiger partial charge in [0.2, 0.25) is 0 Å². The number of rotatable bonds is 8. The molecule has 4 rings (SSSR count). The summed E-state index contributed by atoms with van der Waals surface area (Å²) < 4.78 is 35.3. The van der Waals surface area contributed by atoms with Crippen molar-refractivity contribution >= 4 is 27.0 Å². The van der Waals surface area contributed by atoms with Gasteiger partial charge in [-0.15, -0.1) is 0 Å². The Labute approximate surface area is 206 Å².